The van der Waals surface area contributed by atoms with Crippen LogP contribution in [0.15, 0.2) is 24.3 Å². The van der Waals surface area contributed by atoms with Crippen molar-refractivity contribution in [1.82, 2.24) is 4.90 Å². The van der Waals surface area contributed by atoms with Crippen LogP contribution in [0.4, 0.5) is 4.39 Å². The zero-order valence-electron chi connectivity index (χ0n) is 11.0. The lowest BCUT2D eigenvalue weighted by molar-refractivity contribution is 0.236. The molecule has 1 unspecified atom stereocenters. The minimum Gasteiger partial charge on any atom is -0.327 e. The van der Waals surface area contributed by atoms with Crippen LogP contribution >= 0.6 is 0 Å². The second-order valence-electron chi connectivity index (χ2n) is 4.69. The fourth-order valence-corrected chi connectivity index (χ4v) is 2.04. The van der Waals surface area contributed by atoms with E-state index < -0.39 is 0 Å². The van der Waals surface area contributed by atoms with E-state index in [1.807, 2.05) is 26.1 Å². The van der Waals surface area contributed by atoms with Gasteiger partial charge in [-0.15, -0.1) is 0 Å². The summed E-state index contributed by atoms with van der Waals surface area (Å²) in [5, 5.41) is 0. The smallest absolute Gasteiger partial charge is 0.127 e. The first-order valence-electron chi connectivity index (χ1n) is 6.26. The predicted molar refractivity (Wildman–Crippen MR) is 70.3 cm³/mol. The molecule has 0 aliphatic heterocycles. The number of nitrogens with zero attached hydrogens (tertiary/aromatic N) is 1. The number of halogens is 1. The molecule has 1 aromatic rings. The summed E-state index contributed by atoms with van der Waals surface area (Å²) in [6.45, 7) is 4.93. The van der Waals surface area contributed by atoms with Gasteiger partial charge in [-0.25, -0.2) is 4.39 Å². The third-order valence-corrected chi connectivity index (χ3v) is 3.20. The van der Waals surface area contributed by atoms with Crippen LogP contribution in [-0.2, 0) is 0 Å². The maximum absolute atomic E-state index is 13.6. The van der Waals surface area contributed by atoms with Gasteiger partial charge in [0.05, 0.1) is 0 Å². The Kier molecular flexibility index (Phi) is 5.59. The van der Waals surface area contributed by atoms with Crippen molar-refractivity contribution in [2.24, 2.45) is 5.73 Å². The van der Waals surface area contributed by atoms with Gasteiger partial charge in [0.1, 0.15) is 5.82 Å². The number of hydrogen-bond donors (Lipinski definition) is 1. The highest BCUT2D eigenvalue weighted by atomic mass is 19.1. The SMILES string of the molecule is CCC[C@@H](N)CN(C)C(C)c1ccccc1F. The van der Waals surface area contributed by atoms with Crippen molar-refractivity contribution in [2.75, 3.05) is 13.6 Å². The van der Waals surface area contributed by atoms with Crippen molar-refractivity contribution in [2.45, 2.75) is 38.8 Å². The standard InChI is InChI=1S/C14H23FN2/c1-4-7-12(16)10-17(3)11(2)13-8-5-6-9-14(13)15/h5-6,8-9,11-12H,4,7,10,16H2,1-3H3/t11?,12-/m1/s1. The van der Waals surface area contributed by atoms with Gasteiger partial charge in [0, 0.05) is 24.2 Å². The van der Waals surface area contributed by atoms with E-state index in [0.29, 0.717) is 0 Å². The van der Waals surface area contributed by atoms with E-state index in [4.69, 9.17) is 5.73 Å². The molecule has 2 atom stereocenters. The molecule has 0 bridgehead atoms. The summed E-state index contributed by atoms with van der Waals surface area (Å²) in [5.74, 6) is -0.143. The Labute approximate surface area is 104 Å². The van der Waals surface area contributed by atoms with Gasteiger partial charge in [-0.3, -0.25) is 4.90 Å². The molecule has 0 saturated heterocycles. The number of likely N-dealkylation sites (N-methyl/N-ethyl adjacent to an activating group) is 1. The molecule has 96 valence electrons. The average molecular weight is 238 g/mol. The van der Waals surface area contributed by atoms with E-state index in [9.17, 15) is 4.39 Å². The van der Waals surface area contributed by atoms with Crippen LogP contribution in [0.2, 0.25) is 0 Å². The summed E-state index contributed by atoms with van der Waals surface area (Å²) in [6.07, 6.45) is 2.09. The zero-order valence-corrected chi connectivity index (χ0v) is 11.0. The minimum absolute atomic E-state index is 0.0547. The van der Waals surface area contributed by atoms with Gasteiger partial charge in [-0.1, -0.05) is 31.5 Å². The Morgan fingerprint density at radius 2 is 2.00 bits per heavy atom. The van der Waals surface area contributed by atoms with Gasteiger partial charge in [0.15, 0.2) is 0 Å². The van der Waals surface area contributed by atoms with Crippen molar-refractivity contribution in [1.29, 1.82) is 0 Å². The largest absolute Gasteiger partial charge is 0.327 e. The fraction of sp³-hybridized carbons (Fsp3) is 0.571. The second-order valence-corrected chi connectivity index (χ2v) is 4.69. The number of hydrogen-bond acceptors (Lipinski definition) is 2. The minimum atomic E-state index is -0.143. The van der Waals surface area contributed by atoms with Crippen LogP contribution in [0, 0.1) is 5.82 Å². The Balaban J connectivity index is 2.63. The van der Waals surface area contributed by atoms with Crippen molar-refractivity contribution in [3.63, 3.8) is 0 Å². The van der Waals surface area contributed by atoms with Crippen LogP contribution in [-0.4, -0.2) is 24.5 Å². The van der Waals surface area contributed by atoms with E-state index in [0.717, 1.165) is 24.9 Å². The molecular formula is C14H23FN2. The van der Waals surface area contributed by atoms with Crippen molar-refractivity contribution in [3.05, 3.63) is 35.6 Å². The number of nitrogens with two attached hydrogens (primary N) is 1. The summed E-state index contributed by atoms with van der Waals surface area (Å²) >= 11 is 0. The predicted octanol–water partition coefficient (Wildman–Crippen LogP) is 2.95. The van der Waals surface area contributed by atoms with Crippen molar-refractivity contribution >= 4 is 0 Å². The Bertz CT molecular complexity index is 341. The summed E-state index contributed by atoms with van der Waals surface area (Å²) < 4.78 is 13.6. The molecule has 0 aromatic heterocycles. The fourth-order valence-electron chi connectivity index (χ4n) is 2.04. The second kappa shape index (κ2) is 6.72. The van der Waals surface area contributed by atoms with Crippen molar-refractivity contribution < 1.29 is 4.39 Å². The maximum atomic E-state index is 13.6. The number of rotatable bonds is 6. The molecule has 2 N–H and O–H groups in total. The Hall–Kier alpha value is -0.930. The molecule has 0 amide bonds. The lowest BCUT2D eigenvalue weighted by atomic mass is 10.1. The monoisotopic (exact) mass is 238 g/mol. The molecule has 0 radical (unpaired) electrons. The van der Waals surface area contributed by atoms with E-state index in [-0.39, 0.29) is 17.9 Å². The van der Waals surface area contributed by atoms with Crippen LogP contribution in [0.25, 0.3) is 0 Å². The van der Waals surface area contributed by atoms with Crippen LogP contribution in [0.3, 0.4) is 0 Å². The average Bonchev–Trinajstić information content (AvgIpc) is 2.29. The molecule has 0 aliphatic rings. The normalized spacial score (nSPS) is 14.9. The van der Waals surface area contributed by atoms with Gasteiger partial charge < -0.3 is 5.73 Å². The van der Waals surface area contributed by atoms with Crippen molar-refractivity contribution in [3.8, 4) is 0 Å². The quantitative estimate of drug-likeness (QED) is 0.825. The molecule has 0 spiro atoms. The first-order valence-corrected chi connectivity index (χ1v) is 6.26. The molecule has 0 saturated carbocycles. The topological polar surface area (TPSA) is 29.3 Å². The molecule has 1 rings (SSSR count). The Morgan fingerprint density at radius 3 is 2.59 bits per heavy atom. The van der Waals surface area contributed by atoms with E-state index in [1.54, 1.807) is 6.07 Å². The number of benzene rings is 1. The molecule has 0 aliphatic carbocycles. The summed E-state index contributed by atoms with van der Waals surface area (Å²) in [5.41, 5.74) is 6.74. The summed E-state index contributed by atoms with van der Waals surface area (Å²) in [4.78, 5) is 2.11. The lowest BCUT2D eigenvalue weighted by Gasteiger charge is -2.28. The van der Waals surface area contributed by atoms with Gasteiger partial charge >= 0.3 is 0 Å². The molecule has 1 aromatic carbocycles. The molecule has 17 heavy (non-hydrogen) atoms. The van der Waals surface area contributed by atoms with E-state index in [1.165, 1.54) is 6.07 Å². The highest BCUT2D eigenvalue weighted by Gasteiger charge is 2.16. The third kappa shape index (κ3) is 4.10. The molecular weight excluding hydrogens is 215 g/mol. The van der Waals surface area contributed by atoms with Gasteiger partial charge in [0.25, 0.3) is 0 Å². The molecule has 0 fully saturated rings. The van der Waals surface area contributed by atoms with Gasteiger partial charge in [-0.2, -0.15) is 0 Å². The summed E-state index contributed by atoms with van der Waals surface area (Å²) in [7, 11) is 1.99. The molecule has 3 heteroatoms. The van der Waals surface area contributed by atoms with Crippen LogP contribution < -0.4 is 5.73 Å². The molecule has 0 heterocycles. The third-order valence-electron chi connectivity index (χ3n) is 3.20. The van der Waals surface area contributed by atoms with Gasteiger partial charge in [0.2, 0.25) is 0 Å². The highest BCUT2D eigenvalue weighted by molar-refractivity contribution is 5.20. The lowest BCUT2D eigenvalue weighted by Crippen LogP contribution is -2.36. The van der Waals surface area contributed by atoms with E-state index in [2.05, 4.69) is 11.8 Å². The highest BCUT2D eigenvalue weighted by Crippen LogP contribution is 2.21. The zero-order chi connectivity index (χ0) is 12.8. The van der Waals surface area contributed by atoms with E-state index >= 15 is 0 Å². The first-order chi connectivity index (χ1) is 8.06. The maximum Gasteiger partial charge on any atom is 0.127 e. The summed E-state index contributed by atoms with van der Waals surface area (Å²) in [6, 6.07) is 7.15. The first kappa shape index (κ1) is 14.1. The van der Waals surface area contributed by atoms with Crippen LogP contribution in [0.5, 0.6) is 0 Å². The Morgan fingerprint density at radius 1 is 1.35 bits per heavy atom. The molecule has 2 nitrogen and oxygen atoms in total. The van der Waals surface area contributed by atoms with Gasteiger partial charge in [-0.05, 0) is 26.5 Å². The van der Waals surface area contributed by atoms with Crippen LogP contribution in [0.1, 0.15) is 38.3 Å².